The third kappa shape index (κ3) is 5.05. The largest absolute Gasteiger partial charge is 0.377 e. The van der Waals surface area contributed by atoms with E-state index in [9.17, 15) is 18.4 Å². The number of hydrogen-bond donors (Lipinski definition) is 2. The summed E-state index contributed by atoms with van der Waals surface area (Å²) in [5.41, 5.74) is 0.776. The number of benzene rings is 1. The summed E-state index contributed by atoms with van der Waals surface area (Å²) in [5.74, 6) is -2.40. The molecule has 3 atom stereocenters. The third-order valence-corrected chi connectivity index (χ3v) is 6.19. The Morgan fingerprint density at radius 2 is 2.09 bits per heavy atom. The molecule has 34 heavy (non-hydrogen) atoms. The second-order valence-electron chi connectivity index (χ2n) is 8.43. The van der Waals surface area contributed by atoms with Gasteiger partial charge in [-0.25, -0.2) is 13.8 Å². The zero-order chi connectivity index (χ0) is 24.4. The van der Waals surface area contributed by atoms with Gasteiger partial charge in [0.15, 0.2) is 0 Å². The number of pyridine rings is 1. The molecule has 2 amide bonds. The molecule has 0 bridgehead atoms. The topological polar surface area (TPSA) is 87.3 Å². The van der Waals surface area contributed by atoms with Gasteiger partial charge in [-0.1, -0.05) is 24.6 Å². The molecular formula is C24H25ClF2N4O3. The number of morpholine rings is 1. The first-order valence-corrected chi connectivity index (χ1v) is 11.4. The molecule has 7 nitrogen and oxygen atoms in total. The quantitative estimate of drug-likeness (QED) is 0.549. The lowest BCUT2D eigenvalue weighted by molar-refractivity contribution is -0.147. The van der Waals surface area contributed by atoms with Gasteiger partial charge in [-0.05, 0) is 37.1 Å². The minimum Gasteiger partial charge on any atom is -0.377 e. The molecule has 1 saturated heterocycles. The van der Waals surface area contributed by atoms with E-state index in [1.165, 1.54) is 12.3 Å². The lowest BCUT2D eigenvalue weighted by Crippen LogP contribution is -2.59. The van der Waals surface area contributed by atoms with Crippen LogP contribution in [0.3, 0.4) is 0 Å². The van der Waals surface area contributed by atoms with Crippen molar-refractivity contribution < 1.29 is 23.1 Å². The summed E-state index contributed by atoms with van der Waals surface area (Å²) in [6.45, 7) is 4.56. The van der Waals surface area contributed by atoms with Crippen molar-refractivity contribution in [1.82, 2.24) is 20.2 Å². The Bertz CT molecular complexity index is 1220. The molecule has 0 aliphatic carbocycles. The number of hydrogen-bond acceptors (Lipinski definition) is 4. The predicted molar refractivity (Wildman–Crippen MR) is 124 cm³/mol. The minimum atomic E-state index is -1.08. The van der Waals surface area contributed by atoms with Crippen LogP contribution in [0.1, 0.15) is 36.3 Å². The Kier molecular flexibility index (Phi) is 7.13. The molecule has 4 rings (SSSR count). The summed E-state index contributed by atoms with van der Waals surface area (Å²) in [4.78, 5) is 35.5. The van der Waals surface area contributed by atoms with Gasteiger partial charge in [-0.3, -0.25) is 9.59 Å². The highest BCUT2D eigenvalue weighted by Gasteiger charge is 2.36. The molecule has 180 valence electrons. The van der Waals surface area contributed by atoms with Gasteiger partial charge in [0.1, 0.15) is 29.0 Å². The van der Waals surface area contributed by atoms with Gasteiger partial charge in [0.25, 0.3) is 5.91 Å². The summed E-state index contributed by atoms with van der Waals surface area (Å²) < 4.78 is 33.5. The van der Waals surface area contributed by atoms with E-state index in [4.69, 9.17) is 16.3 Å². The van der Waals surface area contributed by atoms with E-state index in [2.05, 4.69) is 15.3 Å². The smallest absolute Gasteiger partial charge is 0.268 e. The number of carbonyl (C=O) groups is 2. The van der Waals surface area contributed by atoms with Crippen molar-refractivity contribution in [2.45, 2.75) is 44.8 Å². The van der Waals surface area contributed by atoms with Gasteiger partial charge in [0, 0.05) is 24.1 Å². The van der Waals surface area contributed by atoms with E-state index in [0.717, 1.165) is 12.1 Å². The molecule has 1 aliphatic rings. The fourth-order valence-corrected chi connectivity index (χ4v) is 4.41. The van der Waals surface area contributed by atoms with Gasteiger partial charge in [-0.15, -0.1) is 0 Å². The van der Waals surface area contributed by atoms with E-state index in [0.29, 0.717) is 35.7 Å². The number of aromatic nitrogens is 2. The molecule has 10 heteroatoms. The maximum atomic E-state index is 14.4. The number of fused-ring (bicyclic) bond motifs is 1. The molecule has 1 aromatic carbocycles. The van der Waals surface area contributed by atoms with Crippen molar-refractivity contribution in [3.63, 3.8) is 0 Å². The highest BCUT2D eigenvalue weighted by molar-refractivity contribution is 6.31. The van der Waals surface area contributed by atoms with Crippen LogP contribution in [0.15, 0.2) is 36.5 Å². The SMILES string of the molecule is CC[C@H]1COC[C@@H](C)N1C(=O)[C@H](Cc1ccc(F)cc1F)NC(=O)c1cc2cc(Cl)cnc2[nH]1. The first-order valence-electron chi connectivity index (χ1n) is 11.1. The average Bonchev–Trinajstić information content (AvgIpc) is 3.23. The Morgan fingerprint density at radius 3 is 2.82 bits per heavy atom. The lowest BCUT2D eigenvalue weighted by Gasteiger charge is -2.42. The van der Waals surface area contributed by atoms with Crippen LogP contribution in [-0.2, 0) is 16.0 Å². The lowest BCUT2D eigenvalue weighted by atomic mass is 10.0. The van der Waals surface area contributed by atoms with Gasteiger partial charge >= 0.3 is 0 Å². The van der Waals surface area contributed by atoms with Crippen LogP contribution in [0.2, 0.25) is 5.02 Å². The summed E-state index contributed by atoms with van der Waals surface area (Å²) in [7, 11) is 0. The van der Waals surface area contributed by atoms with Crippen LogP contribution < -0.4 is 5.32 Å². The van der Waals surface area contributed by atoms with Crippen molar-refractivity contribution in [2.24, 2.45) is 0 Å². The van der Waals surface area contributed by atoms with Crippen molar-refractivity contribution in [3.05, 3.63) is 64.4 Å². The Morgan fingerprint density at radius 1 is 1.29 bits per heavy atom. The molecule has 2 N–H and O–H groups in total. The van der Waals surface area contributed by atoms with E-state index < -0.39 is 23.6 Å². The average molecular weight is 491 g/mol. The molecular weight excluding hydrogens is 466 g/mol. The molecule has 0 radical (unpaired) electrons. The maximum absolute atomic E-state index is 14.4. The molecule has 2 aromatic heterocycles. The van der Waals surface area contributed by atoms with Crippen molar-refractivity contribution in [2.75, 3.05) is 13.2 Å². The van der Waals surface area contributed by atoms with Crippen LogP contribution in [0.5, 0.6) is 0 Å². The summed E-state index contributed by atoms with van der Waals surface area (Å²) >= 11 is 5.98. The number of halogens is 3. The Hall–Kier alpha value is -3.04. The second-order valence-corrected chi connectivity index (χ2v) is 8.87. The zero-order valence-electron chi connectivity index (χ0n) is 18.8. The number of rotatable bonds is 6. The van der Waals surface area contributed by atoms with Crippen LogP contribution >= 0.6 is 11.6 Å². The van der Waals surface area contributed by atoms with E-state index >= 15 is 0 Å². The number of nitrogens with one attached hydrogen (secondary N) is 2. The molecule has 3 aromatic rings. The first-order chi connectivity index (χ1) is 16.3. The van der Waals surface area contributed by atoms with Gasteiger partial charge in [-0.2, -0.15) is 0 Å². The zero-order valence-corrected chi connectivity index (χ0v) is 19.5. The van der Waals surface area contributed by atoms with Gasteiger partial charge in [0.2, 0.25) is 5.91 Å². The number of aromatic amines is 1. The normalized spacial score (nSPS) is 19.3. The summed E-state index contributed by atoms with van der Waals surface area (Å²) in [5, 5.41) is 3.80. The maximum Gasteiger partial charge on any atom is 0.268 e. The molecule has 1 aliphatic heterocycles. The first kappa shape index (κ1) is 24.1. The van der Waals surface area contributed by atoms with Gasteiger partial charge in [0.05, 0.1) is 30.3 Å². The van der Waals surface area contributed by atoms with E-state index in [-0.39, 0.29) is 35.7 Å². The number of nitrogens with zero attached hydrogens (tertiary/aromatic N) is 2. The minimum absolute atomic E-state index is 0.124. The van der Waals surface area contributed by atoms with Crippen molar-refractivity contribution >= 4 is 34.4 Å². The van der Waals surface area contributed by atoms with Crippen LogP contribution in [0, 0.1) is 11.6 Å². The predicted octanol–water partition coefficient (Wildman–Crippen LogP) is 3.86. The van der Waals surface area contributed by atoms with Gasteiger partial charge < -0.3 is 19.9 Å². The number of amides is 2. The van der Waals surface area contributed by atoms with Crippen LogP contribution in [0.25, 0.3) is 11.0 Å². The highest BCUT2D eigenvalue weighted by atomic mass is 35.5. The number of ether oxygens (including phenoxy) is 1. The van der Waals surface area contributed by atoms with Crippen molar-refractivity contribution in [1.29, 1.82) is 0 Å². The van der Waals surface area contributed by atoms with E-state index in [1.54, 1.807) is 17.0 Å². The fraction of sp³-hybridized carbons (Fsp3) is 0.375. The molecule has 3 heterocycles. The number of carbonyl (C=O) groups excluding carboxylic acids is 2. The molecule has 0 saturated carbocycles. The second kappa shape index (κ2) is 10.1. The van der Waals surface area contributed by atoms with Crippen LogP contribution in [-0.4, -0.2) is 58.0 Å². The van der Waals surface area contributed by atoms with Crippen molar-refractivity contribution in [3.8, 4) is 0 Å². The van der Waals surface area contributed by atoms with E-state index in [1.807, 2.05) is 13.8 Å². The standard InChI is InChI=1S/C24H25ClF2N4O3/c1-3-18-12-34-11-13(2)31(18)24(33)21(7-14-4-5-17(26)9-19(14)27)30-23(32)20-8-15-6-16(25)10-28-22(15)29-20/h4-6,8-10,13,18,21H,3,7,11-12H2,1-2H3,(H,28,29)(H,30,32)/t13-,18+,21+/m1/s1. The highest BCUT2D eigenvalue weighted by Crippen LogP contribution is 2.21. The molecule has 0 unspecified atom stereocenters. The Labute approximate surface area is 200 Å². The third-order valence-electron chi connectivity index (χ3n) is 5.99. The monoisotopic (exact) mass is 490 g/mol. The summed E-state index contributed by atoms with van der Waals surface area (Å²) in [6.07, 6.45) is 1.98. The molecule has 1 fully saturated rings. The fourth-order valence-electron chi connectivity index (χ4n) is 4.24. The Balaban J connectivity index is 1.64. The number of H-pyrrole nitrogens is 1. The summed E-state index contributed by atoms with van der Waals surface area (Å²) in [6, 6.07) is 4.94. The van der Waals surface area contributed by atoms with Crippen LogP contribution in [0.4, 0.5) is 8.78 Å². The molecule has 0 spiro atoms.